The van der Waals surface area contributed by atoms with E-state index in [1.807, 2.05) is 42.4 Å². The van der Waals surface area contributed by atoms with Crippen LogP contribution < -0.4 is 16.0 Å². The number of rotatable bonds is 2. The minimum atomic E-state index is -0.107. The zero-order chi connectivity index (χ0) is 20.8. The van der Waals surface area contributed by atoms with Crippen LogP contribution in [0, 0.1) is 0 Å². The van der Waals surface area contributed by atoms with Crippen LogP contribution in [0.1, 0.15) is 6.92 Å². The Balaban J connectivity index is 1.35. The smallest absolute Gasteiger partial charge is 0.321 e. The van der Waals surface area contributed by atoms with Gasteiger partial charge in [0.25, 0.3) is 0 Å². The zero-order valence-electron chi connectivity index (χ0n) is 16.8. The number of benzene rings is 1. The molecule has 2 amide bonds. The van der Waals surface area contributed by atoms with E-state index >= 15 is 0 Å². The van der Waals surface area contributed by atoms with Crippen molar-refractivity contribution in [3.63, 3.8) is 0 Å². The fourth-order valence-electron chi connectivity index (χ4n) is 4.09. The van der Waals surface area contributed by atoms with Gasteiger partial charge in [-0.05, 0) is 25.1 Å². The molecular weight excluding hydrogens is 382 g/mol. The molecule has 10 heteroatoms. The number of nitrogens with one attached hydrogen (secondary N) is 2. The summed E-state index contributed by atoms with van der Waals surface area (Å²) in [5.74, 6) is 0.975. The molecule has 1 saturated heterocycles. The van der Waals surface area contributed by atoms with Crippen LogP contribution in [0.25, 0.3) is 21.9 Å². The molecule has 1 atom stereocenters. The van der Waals surface area contributed by atoms with Gasteiger partial charge in [-0.1, -0.05) is 6.07 Å². The number of H-pyrrole nitrogens is 1. The molecule has 1 fully saturated rings. The minimum absolute atomic E-state index is 0.0604. The number of amides is 2. The van der Waals surface area contributed by atoms with Crippen LogP contribution in [-0.4, -0.2) is 61.3 Å². The van der Waals surface area contributed by atoms with Crippen molar-refractivity contribution in [1.29, 1.82) is 0 Å². The second kappa shape index (κ2) is 6.90. The number of aryl methyl sites for hydroxylation is 1. The van der Waals surface area contributed by atoms with Crippen molar-refractivity contribution in [3.05, 3.63) is 36.7 Å². The van der Waals surface area contributed by atoms with E-state index < -0.39 is 0 Å². The van der Waals surface area contributed by atoms with E-state index in [2.05, 4.69) is 37.2 Å². The second-order valence-electron chi connectivity index (χ2n) is 7.57. The van der Waals surface area contributed by atoms with Crippen LogP contribution in [0.4, 0.5) is 22.2 Å². The molecule has 3 aromatic heterocycles. The van der Waals surface area contributed by atoms with Crippen LogP contribution in [0.3, 0.4) is 0 Å². The Bertz CT molecular complexity index is 1240. The molecule has 154 valence electrons. The fraction of sp³-hybridized carbons (Fsp3) is 0.300. The van der Waals surface area contributed by atoms with Crippen LogP contribution in [0.5, 0.6) is 0 Å². The number of fused-ring (bicyclic) bond motifs is 2. The normalized spacial score (nSPS) is 17.1. The number of nitrogen functional groups attached to an aromatic ring is 1. The summed E-state index contributed by atoms with van der Waals surface area (Å²) in [7, 11) is 1.83. The Morgan fingerprint density at radius 2 is 2.10 bits per heavy atom. The first-order chi connectivity index (χ1) is 14.5. The average Bonchev–Trinajstić information content (AvgIpc) is 3.35. The summed E-state index contributed by atoms with van der Waals surface area (Å²) in [6.45, 7) is 3.86. The Hall–Kier alpha value is -3.82. The lowest BCUT2D eigenvalue weighted by Gasteiger charge is -2.40. The number of nitrogens with zero attached hydrogens (tertiary/aromatic N) is 6. The SMILES string of the molecule is C[C@H]1CN(C(=O)Nc2cccc3[nH]ccc23)CCN1c1nc(N)nc2c1cnn2C. The van der Waals surface area contributed by atoms with Gasteiger partial charge in [0, 0.05) is 49.8 Å². The second-order valence-corrected chi connectivity index (χ2v) is 7.57. The predicted molar refractivity (Wildman–Crippen MR) is 116 cm³/mol. The molecule has 4 N–H and O–H groups in total. The van der Waals surface area contributed by atoms with Crippen molar-refractivity contribution < 1.29 is 4.79 Å². The highest BCUT2D eigenvalue weighted by Gasteiger charge is 2.29. The number of anilines is 3. The summed E-state index contributed by atoms with van der Waals surface area (Å²) in [6, 6.07) is 7.74. The number of hydrogen-bond acceptors (Lipinski definition) is 6. The zero-order valence-corrected chi connectivity index (χ0v) is 16.8. The third kappa shape index (κ3) is 2.97. The highest BCUT2D eigenvalue weighted by molar-refractivity contribution is 6.00. The Kier molecular flexibility index (Phi) is 4.19. The maximum atomic E-state index is 12.9. The highest BCUT2D eigenvalue weighted by Crippen LogP contribution is 2.28. The molecule has 10 nitrogen and oxygen atoms in total. The van der Waals surface area contributed by atoms with E-state index in [1.54, 1.807) is 10.9 Å². The summed E-state index contributed by atoms with van der Waals surface area (Å²) in [5, 5.41) is 9.18. The van der Waals surface area contributed by atoms with Gasteiger partial charge in [-0.2, -0.15) is 15.1 Å². The number of hydrogen-bond donors (Lipinski definition) is 3. The number of urea groups is 1. The number of carbonyl (C=O) groups excluding carboxylic acids is 1. The molecule has 0 bridgehead atoms. The first-order valence-corrected chi connectivity index (χ1v) is 9.85. The molecule has 1 aliphatic rings. The quantitative estimate of drug-likeness (QED) is 0.470. The monoisotopic (exact) mass is 405 g/mol. The Morgan fingerprint density at radius 3 is 2.93 bits per heavy atom. The number of piperazine rings is 1. The van der Waals surface area contributed by atoms with E-state index in [1.165, 1.54) is 0 Å². The molecule has 1 aliphatic heterocycles. The lowest BCUT2D eigenvalue weighted by Crippen LogP contribution is -2.55. The minimum Gasteiger partial charge on any atom is -0.368 e. The largest absolute Gasteiger partial charge is 0.368 e. The van der Waals surface area contributed by atoms with Crippen LogP contribution in [0.2, 0.25) is 0 Å². The molecule has 5 rings (SSSR count). The van der Waals surface area contributed by atoms with Crippen molar-refractivity contribution >= 4 is 45.4 Å². The third-order valence-corrected chi connectivity index (χ3v) is 5.61. The Labute approximate surface area is 172 Å². The van der Waals surface area contributed by atoms with Crippen molar-refractivity contribution in [1.82, 2.24) is 29.6 Å². The molecule has 0 saturated carbocycles. The summed E-state index contributed by atoms with van der Waals surface area (Å²) in [5.41, 5.74) is 8.43. The van der Waals surface area contributed by atoms with Gasteiger partial charge in [0.1, 0.15) is 5.82 Å². The van der Waals surface area contributed by atoms with Gasteiger partial charge < -0.3 is 25.8 Å². The van der Waals surface area contributed by atoms with Crippen LogP contribution >= 0.6 is 0 Å². The van der Waals surface area contributed by atoms with E-state index in [-0.39, 0.29) is 18.0 Å². The molecule has 0 spiro atoms. The van der Waals surface area contributed by atoms with Crippen molar-refractivity contribution in [2.45, 2.75) is 13.0 Å². The van der Waals surface area contributed by atoms with Gasteiger partial charge >= 0.3 is 6.03 Å². The molecule has 0 aliphatic carbocycles. The van der Waals surface area contributed by atoms with E-state index in [0.717, 1.165) is 27.8 Å². The maximum absolute atomic E-state index is 12.9. The standard InChI is InChI=1S/C20H23N9O/c1-12-11-28(20(30)24-16-5-3-4-15-13(16)6-7-22-15)8-9-29(12)18-14-10-23-27(2)17(14)25-19(21)26-18/h3-7,10,12,22H,8-9,11H2,1-2H3,(H,24,30)(H2,21,25,26)/t12-/m0/s1. The van der Waals surface area contributed by atoms with Crippen molar-refractivity contribution in [3.8, 4) is 0 Å². The number of carbonyl (C=O) groups is 1. The molecule has 4 aromatic rings. The van der Waals surface area contributed by atoms with Gasteiger partial charge in [-0.3, -0.25) is 4.68 Å². The van der Waals surface area contributed by atoms with Crippen LogP contribution in [-0.2, 0) is 7.05 Å². The molecule has 4 heterocycles. The van der Waals surface area contributed by atoms with Crippen molar-refractivity contribution in [2.75, 3.05) is 35.6 Å². The lowest BCUT2D eigenvalue weighted by molar-refractivity contribution is 0.200. The van der Waals surface area contributed by atoms with E-state index in [9.17, 15) is 4.79 Å². The van der Waals surface area contributed by atoms with Crippen LogP contribution in [0.15, 0.2) is 36.7 Å². The first kappa shape index (κ1) is 18.2. The number of nitrogens with two attached hydrogens (primary N) is 1. The number of aromatic amines is 1. The molecule has 30 heavy (non-hydrogen) atoms. The van der Waals surface area contributed by atoms with E-state index in [4.69, 9.17) is 5.73 Å². The van der Waals surface area contributed by atoms with E-state index in [0.29, 0.717) is 25.3 Å². The average molecular weight is 405 g/mol. The van der Waals surface area contributed by atoms with Gasteiger partial charge in [-0.15, -0.1) is 0 Å². The van der Waals surface area contributed by atoms with Gasteiger partial charge in [-0.25, -0.2) is 4.79 Å². The fourth-order valence-corrected chi connectivity index (χ4v) is 4.09. The summed E-state index contributed by atoms with van der Waals surface area (Å²) < 4.78 is 1.69. The predicted octanol–water partition coefficient (Wildman–Crippen LogP) is 2.17. The van der Waals surface area contributed by atoms with Gasteiger partial charge in [0.2, 0.25) is 5.95 Å². The Morgan fingerprint density at radius 1 is 1.23 bits per heavy atom. The first-order valence-electron chi connectivity index (χ1n) is 9.85. The molecular formula is C20H23N9O. The number of aromatic nitrogens is 5. The van der Waals surface area contributed by atoms with Crippen molar-refractivity contribution in [2.24, 2.45) is 7.05 Å². The molecule has 1 aromatic carbocycles. The lowest BCUT2D eigenvalue weighted by atomic mass is 10.1. The third-order valence-electron chi connectivity index (χ3n) is 5.61. The highest BCUT2D eigenvalue weighted by atomic mass is 16.2. The summed E-state index contributed by atoms with van der Waals surface area (Å²) >= 11 is 0. The molecule has 0 radical (unpaired) electrons. The molecule has 0 unspecified atom stereocenters. The van der Waals surface area contributed by atoms with Gasteiger partial charge in [0.15, 0.2) is 5.65 Å². The van der Waals surface area contributed by atoms with Gasteiger partial charge in [0.05, 0.1) is 17.3 Å². The topological polar surface area (TPSA) is 121 Å². The summed E-state index contributed by atoms with van der Waals surface area (Å²) in [4.78, 5) is 28.8. The summed E-state index contributed by atoms with van der Waals surface area (Å²) in [6.07, 6.45) is 3.63. The maximum Gasteiger partial charge on any atom is 0.321 e.